The molecule has 0 saturated heterocycles. The van der Waals surface area contributed by atoms with Crippen LogP contribution in [0.2, 0.25) is 0 Å². The number of hydrogen-bond acceptors (Lipinski definition) is 2. The van der Waals surface area contributed by atoms with E-state index >= 15 is 0 Å². The molecule has 0 amide bonds. The molecule has 2 unspecified atom stereocenters. The van der Waals surface area contributed by atoms with E-state index in [-0.39, 0.29) is 0 Å². The van der Waals surface area contributed by atoms with E-state index in [0.717, 1.165) is 18.7 Å². The van der Waals surface area contributed by atoms with Crippen molar-refractivity contribution in [2.45, 2.75) is 40.2 Å². The molecule has 2 heteroatoms. The zero-order chi connectivity index (χ0) is 12.8. The third kappa shape index (κ3) is 3.74. The summed E-state index contributed by atoms with van der Waals surface area (Å²) in [7, 11) is 0. The third-order valence-corrected chi connectivity index (χ3v) is 3.34. The van der Waals surface area contributed by atoms with Gasteiger partial charge in [-0.1, -0.05) is 38.5 Å². The van der Waals surface area contributed by atoms with Gasteiger partial charge < -0.3 is 10.0 Å². The molecular formula is C15H25NO. The first kappa shape index (κ1) is 14.0. The SMILES string of the molecule is CCC(C)CN(CC)c1ccccc1C(C)O. The molecule has 96 valence electrons. The maximum absolute atomic E-state index is 9.81. The van der Waals surface area contributed by atoms with Gasteiger partial charge in [-0.2, -0.15) is 0 Å². The first-order valence-electron chi connectivity index (χ1n) is 6.62. The topological polar surface area (TPSA) is 23.5 Å². The van der Waals surface area contributed by atoms with Crippen LogP contribution in [0.3, 0.4) is 0 Å². The maximum atomic E-state index is 9.81. The first-order chi connectivity index (χ1) is 8.10. The molecule has 0 aromatic heterocycles. The van der Waals surface area contributed by atoms with Gasteiger partial charge in [0.25, 0.3) is 0 Å². The van der Waals surface area contributed by atoms with Crippen LogP contribution in [0.5, 0.6) is 0 Å². The Kier molecular flexibility index (Phi) is 5.49. The summed E-state index contributed by atoms with van der Waals surface area (Å²) < 4.78 is 0. The van der Waals surface area contributed by atoms with Crippen molar-refractivity contribution in [3.8, 4) is 0 Å². The normalized spacial score (nSPS) is 14.4. The van der Waals surface area contributed by atoms with E-state index in [2.05, 4.69) is 31.7 Å². The van der Waals surface area contributed by atoms with E-state index in [0.29, 0.717) is 5.92 Å². The van der Waals surface area contributed by atoms with Gasteiger partial charge in [0.1, 0.15) is 0 Å². The Balaban J connectivity index is 2.94. The molecule has 0 spiro atoms. The van der Waals surface area contributed by atoms with Gasteiger partial charge in [0.05, 0.1) is 6.10 Å². The van der Waals surface area contributed by atoms with Gasteiger partial charge in [-0.15, -0.1) is 0 Å². The van der Waals surface area contributed by atoms with E-state index in [1.807, 2.05) is 25.1 Å². The van der Waals surface area contributed by atoms with Crippen molar-refractivity contribution >= 4 is 5.69 Å². The molecule has 17 heavy (non-hydrogen) atoms. The van der Waals surface area contributed by atoms with Gasteiger partial charge in [0.15, 0.2) is 0 Å². The molecule has 0 aliphatic heterocycles. The Labute approximate surface area is 105 Å². The Hall–Kier alpha value is -1.02. The zero-order valence-electron chi connectivity index (χ0n) is 11.5. The summed E-state index contributed by atoms with van der Waals surface area (Å²) in [4.78, 5) is 2.36. The second kappa shape index (κ2) is 6.65. The van der Waals surface area contributed by atoms with Crippen molar-refractivity contribution in [2.75, 3.05) is 18.0 Å². The van der Waals surface area contributed by atoms with Gasteiger partial charge in [-0.25, -0.2) is 0 Å². The smallest absolute Gasteiger partial charge is 0.0781 e. The molecule has 0 aliphatic carbocycles. The monoisotopic (exact) mass is 235 g/mol. The van der Waals surface area contributed by atoms with Crippen LogP contribution in [0.1, 0.15) is 45.8 Å². The minimum absolute atomic E-state index is 0.405. The largest absolute Gasteiger partial charge is 0.389 e. The van der Waals surface area contributed by atoms with Crippen LogP contribution in [0.4, 0.5) is 5.69 Å². The number of para-hydroxylation sites is 1. The number of anilines is 1. The summed E-state index contributed by atoms with van der Waals surface area (Å²) >= 11 is 0. The second-order valence-electron chi connectivity index (χ2n) is 4.79. The standard InChI is InChI=1S/C15H25NO/c1-5-12(3)11-16(6-2)15-10-8-7-9-14(15)13(4)17/h7-10,12-13,17H,5-6,11H2,1-4H3. The lowest BCUT2D eigenvalue weighted by Gasteiger charge is -2.29. The lowest BCUT2D eigenvalue weighted by molar-refractivity contribution is 0.199. The second-order valence-corrected chi connectivity index (χ2v) is 4.79. The predicted octanol–water partition coefficient (Wildman–Crippen LogP) is 3.61. The summed E-state index contributed by atoms with van der Waals surface area (Å²) in [5, 5.41) is 9.81. The Bertz CT molecular complexity index is 335. The minimum atomic E-state index is -0.405. The molecule has 1 aromatic rings. The van der Waals surface area contributed by atoms with E-state index in [4.69, 9.17) is 0 Å². The van der Waals surface area contributed by atoms with Crippen LogP contribution in [0, 0.1) is 5.92 Å². The average Bonchev–Trinajstić information content (AvgIpc) is 2.35. The molecule has 2 nitrogen and oxygen atoms in total. The van der Waals surface area contributed by atoms with Crippen LogP contribution in [0.25, 0.3) is 0 Å². The average molecular weight is 235 g/mol. The molecule has 1 rings (SSSR count). The summed E-state index contributed by atoms with van der Waals surface area (Å²) in [6.07, 6.45) is 0.782. The summed E-state index contributed by atoms with van der Waals surface area (Å²) in [5.41, 5.74) is 2.20. The van der Waals surface area contributed by atoms with Crippen molar-refractivity contribution in [3.05, 3.63) is 29.8 Å². The highest BCUT2D eigenvalue weighted by atomic mass is 16.3. The van der Waals surface area contributed by atoms with Gasteiger partial charge in [0, 0.05) is 24.3 Å². The summed E-state index contributed by atoms with van der Waals surface area (Å²) in [6, 6.07) is 8.15. The quantitative estimate of drug-likeness (QED) is 0.814. The molecule has 1 N–H and O–H groups in total. The van der Waals surface area contributed by atoms with Gasteiger partial charge >= 0.3 is 0 Å². The predicted molar refractivity (Wildman–Crippen MR) is 74.4 cm³/mol. The Morgan fingerprint density at radius 2 is 1.82 bits per heavy atom. The van der Waals surface area contributed by atoms with Gasteiger partial charge in [0.2, 0.25) is 0 Å². The fourth-order valence-corrected chi connectivity index (χ4v) is 2.03. The van der Waals surface area contributed by atoms with Crippen molar-refractivity contribution in [2.24, 2.45) is 5.92 Å². The van der Waals surface area contributed by atoms with Crippen LogP contribution < -0.4 is 4.90 Å². The Morgan fingerprint density at radius 1 is 1.18 bits per heavy atom. The number of hydrogen-bond donors (Lipinski definition) is 1. The van der Waals surface area contributed by atoms with E-state index in [9.17, 15) is 5.11 Å². The van der Waals surface area contributed by atoms with Crippen molar-refractivity contribution in [3.63, 3.8) is 0 Å². The van der Waals surface area contributed by atoms with Crippen molar-refractivity contribution in [1.29, 1.82) is 0 Å². The van der Waals surface area contributed by atoms with Crippen LogP contribution >= 0.6 is 0 Å². The van der Waals surface area contributed by atoms with E-state index in [1.54, 1.807) is 0 Å². The fraction of sp³-hybridized carbons (Fsp3) is 0.600. The number of aliphatic hydroxyl groups excluding tert-OH is 1. The highest BCUT2D eigenvalue weighted by Gasteiger charge is 2.14. The molecule has 1 aromatic carbocycles. The molecule has 0 fully saturated rings. The number of aliphatic hydroxyl groups is 1. The zero-order valence-corrected chi connectivity index (χ0v) is 11.5. The van der Waals surface area contributed by atoms with Gasteiger partial charge in [-0.05, 0) is 25.8 Å². The number of rotatable bonds is 6. The number of benzene rings is 1. The third-order valence-electron chi connectivity index (χ3n) is 3.34. The number of nitrogens with zero attached hydrogens (tertiary/aromatic N) is 1. The highest BCUT2D eigenvalue weighted by molar-refractivity contribution is 5.54. The molecular weight excluding hydrogens is 210 g/mol. The van der Waals surface area contributed by atoms with Gasteiger partial charge in [-0.3, -0.25) is 0 Å². The molecule has 0 saturated carbocycles. The fourth-order valence-electron chi connectivity index (χ4n) is 2.03. The summed E-state index contributed by atoms with van der Waals surface area (Å²) in [6.45, 7) is 10.5. The van der Waals surface area contributed by atoms with Crippen molar-refractivity contribution < 1.29 is 5.11 Å². The summed E-state index contributed by atoms with van der Waals surface area (Å²) in [5.74, 6) is 0.678. The maximum Gasteiger partial charge on any atom is 0.0781 e. The molecule has 2 atom stereocenters. The first-order valence-corrected chi connectivity index (χ1v) is 6.62. The van der Waals surface area contributed by atoms with E-state index in [1.165, 1.54) is 12.1 Å². The lowest BCUT2D eigenvalue weighted by Crippen LogP contribution is -2.29. The van der Waals surface area contributed by atoms with Crippen LogP contribution in [0.15, 0.2) is 24.3 Å². The lowest BCUT2D eigenvalue weighted by atomic mass is 10.0. The molecule has 0 radical (unpaired) electrons. The highest BCUT2D eigenvalue weighted by Crippen LogP contribution is 2.26. The molecule has 0 aliphatic rings. The van der Waals surface area contributed by atoms with Crippen LogP contribution in [-0.2, 0) is 0 Å². The molecule has 0 heterocycles. The van der Waals surface area contributed by atoms with E-state index < -0.39 is 6.10 Å². The van der Waals surface area contributed by atoms with Crippen molar-refractivity contribution in [1.82, 2.24) is 0 Å². The molecule has 0 bridgehead atoms. The minimum Gasteiger partial charge on any atom is -0.389 e. The Morgan fingerprint density at radius 3 is 2.35 bits per heavy atom. The van der Waals surface area contributed by atoms with Crippen LogP contribution in [-0.4, -0.2) is 18.2 Å².